The molecule has 30 heavy (non-hydrogen) atoms. The number of rotatable bonds is 14. The van der Waals surface area contributed by atoms with Gasteiger partial charge in [-0.2, -0.15) is 0 Å². The zero-order chi connectivity index (χ0) is 22.2. The molecule has 0 aromatic carbocycles. The predicted molar refractivity (Wildman–Crippen MR) is 117 cm³/mol. The molecule has 2 fully saturated rings. The SMILES string of the molecule is CCO[Si](OCC)(OCC)C1CCN1C(=O)N1CCC1[Si](OCC)(OCC)OCC. The molecule has 0 aliphatic carbocycles. The zero-order valence-electron chi connectivity index (χ0n) is 19.5. The van der Waals surface area contributed by atoms with Crippen molar-refractivity contribution in [3.63, 3.8) is 0 Å². The minimum atomic E-state index is -2.99. The molecular formula is C19H40N2O7Si2. The summed E-state index contributed by atoms with van der Waals surface area (Å²) in [6.45, 7) is 15.9. The highest BCUT2D eigenvalue weighted by Crippen LogP contribution is 2.35. The molecule has 2 heterocycles. The Morgan fingerprint density at radius 3 is 1.07 bits per heavy atom. The quantitative estimate of drug-likeness (QED) is 0.365. The summed E-state index contributed by atoms with van der Waals surface area (Å²) in [4.78, 5) is 17.2. The third-order valence-electron chi connectivity index (χ3n) is 5.42. The second kappa shape index (κ2) is 11.9. The molecule has 2 saturated heterocycles. The van der Waals surface area contributed by atoms with Crippen LogP contribution in [0.1, 0.15) is 54.4 Å². The van der Waals surface area contributed by atoms with E-state index in [1.165, 1.54) is 0 Å². The van der Waals surface area contributed by atoms with E-state index >= 15 is 0 Å². The van der Waals surface area contributed by atoms with Crippen molar-refractivity contribution in [3.05, 3.63) is 0 Å². The van der Waals surface area contributed by atoms with E-state index < -0.39 is 17.6 Å². The van der Waals surface area contributed by atoms with Crippen molar-refractivity contribution < 1.29 is 31.4 Å². The van der Waals surface area contributed by atoms with Crippen molar-refractivity contribution in [3.8, 4) is 0 Å². The molecule has 0 spiro atoms. The van der Waals surface area contributed by atoms with Crippen molar-refractivity contribution in [2.75, 3.05) is 52.7 Å². The van der Waals surface area contributed by atoms with Crippen LogP contribution in [0.3, 0.4) is 0 Å². The molecule has 2 amide bonds. The fourth-order valence-corrected chi connectivity index (χ4v) is 10.4. The maximum atomic E-state index is 13.5. The van der Waals surface area contributed by atoms with Gasteiger partial charge in [-0.05, 0) is 54.4 Å². The first-order valence-corrected chi connectivity index (χ1v) is 15.0. The van der Waals surface area contributed by atoms with E-state index in [0.717, 1.165) is 12.8 Å². The summed E-state index contributed by atoms with van der Waals surface area (Å²) < 4.78 is 36.3. The van der Waals surface area contributed by atoms with Gasteiger partial charge in [-0.25, -0.2) is 4.79 Å². The van der Waals surface area contributed by atoms with Crippen LogP contribution in [0, 0.1) is 0 Å². The summed E-state index contributed by atoms with van der Waals surface area (Å²) in [6, 6.07) is -0.0329. The molecule has 11 heteroatoms. The Bertz CT molecular complexity index is 465. The van der Waals surface area contributed by atoms with Crippen molar-refractivity contribution in [1.82, 2.24) is 9.80 Å². The largest absolute Gasteiger partial charge is 0.524 e. The molecule has 0 N–H and O–H groups in total. The molecule has 2 aliphatic rings. The van der Waals surface area contributed by atoms with Gasteiger partial charge in [0.25, 0.3) is 0 Å². The van der Waals surface area contributed by atoms with E-state index in [4.69, 9.17) is 26.6 Å². The van der Waals surface area contributed by atoms with Crippen LogP contribution in [0.4, 0.5) is 4.79 Å². The van der Waals surface area contributed by atoms with Crippen LogP contribution >= 0.6 is 0 Å². The average molecular weight is 465 g/mol. The molecule has 0 aromatic heterocycles. The fourth-order valence-electron chi connectivity index (χ4n) is 4.17. The molecule has 0 aromatic rings. The van der Waals surface area contributed by atoms with Crippen molar-refractivity contribution in [2.24, 2.45) is 0 Å². The Morgan fingerprint density at radius 1 is 0.633 bits per heavy atom. The molecule has 176 valence electrons. The van der Waals surface area contributed by atoms with Gasteiger partial charge in [-0.3, -0.25) is 0 Å². The van der Waals surface area contributed by atoms with Gasteiger partial charge < -0.3 is 36.4 Å². The highest BCUT2D eigenvalue weighted by molar-refractivity contribution is 6.63. The van der Waals surface area contributed by atoms with Gasteiger partial charge in [0.15, 0.2) is 0 Å². The first-order valence-electron chi connectivity index (χ1n) is 11.4. The Morgan fingerprint density at radius 2 is 0.900 bits per heavy atom. The molecule has 0 saturated carbocycles. The van der Waals surface area contributed by atoms with Crippen molar-refractivity contribution >= 4 is 23.6 Å². The number of hydrogen-bond donors (Lipinski definition) is 0. The lowest BCUT2D eigenvalue weighted by molar-refractivity contribution is -0.0105. The van der Waals surface area contributed by atoms with Crippen LogP contribution in [-0.4, -0.2) is 97.5 Å². The summed E-state index contributed by atoms with van der Waals surface area (Å²) >= 11 is 0. The minimum Gasteiger partial charge on any atom is -0.373 e. The number of nitrogens with zero attached hydrogens (tertiary/aromatic N) is 2. The summed E-state index contributed by atoms with van der Waals surface area (Å²) in [7, 11) is -5.98. The van der Waals surface area contributed by atoms with Crippen LogP contribution in [0.2, 0.25) is 0 Å². The molecule has 2 unspecified atom stereocenters. The zero-order valence-corrected chi connectivity index (χ0v) is 21.5. The first-order chi connectivity index (χ1) is 14.5. The first kappa shape index (κ1) is 25.7. The molecule has 2 atom stereocenters. The van der Waals surface area contributed by atoms with E-state index in [1.807, 2.05) is 51.3 Å². The van der Waals surface area contributed by atoms with E-state index in [-0.39, 0.29) is 17.4 Å². The van der Waals surface area contributed by atoms with Gasteiger partial charge >= 0.3 is 23.6 Å². The smallest absolute Gasteiger partial charge is 0.373 e. The Hall–Kier alpha value is -0.536. The summed E-state index contributed by atoms with van der Waals surface area (Å²) in [5, 5.41) is 0. The van der Waals surface area contributed by atoms with E-state index in [9.17, 15) is 4.79 Å². The fraction of sp³-hybridized carbons (Fsp3) is 0.947. The number of hydrogen-bond acceptors (Lipinski definition) is 7. The summed E-state index contributed by atoms with van der Waals surface area (Å²) in [5.41, 5.74) is -0.318. The Labute approximate surface area is 183 Å². The average Bonchev–Trinajstić information content (AvgIpc) is 2.61. The highest BCUT2D eigenvalue weighted by Gasteiger charge is 2.62. The van der Waals surface area contributed by atoms with Crippen LogP contribution < -0.4 is 0 Å². The lowest BCUT2D eigenvalue weighted by Crippen LogP contribution is -2.76. The topological polar surface area (TPSA) is 78.9 Å². The maximum Gasteiger partial charge on any atom is 0.524 e. The molecule has 2 aliphatic heterocycles. The number of likely N-dealkylation sites (tertiary alicyclic amines) is 2. The van der Waals surface area contributed by atoms with Crippen molar-refractivity contribution in [1.29, 1.82) is 0 Å². The van der Waals surface area contributed by atoms with Gasteiger partial charge in [0.1, 0.15) is 11.3 Å². The second-order valence-corrected chi connectivity index (χ2v) is 12.6. The van der Waals surface area contributed by atoms with Crippen LogP contribution in [-0.2, 0) is 26.6 Å². The Balaban J connectivity index is 2.20. The van der Waals surface area contributed by atoms with Crippen LogP contribution in [0.25, 0.3) is 0 Å². The van der Waals surface area contributed by atoms with Gasteiger partial charge in [0.05, 0.1) is 0 Å². The van der Waals surface area contributed by atoms with Crippen LogP contribution in [0.15, 0.2) is 0 Å². The van der Waals surface area contributed by atoms with Gasteiger partial charge in [-0.15, -0.1) is 0 Å². The third-order valence-corrected chi connectivity index (χ3v) is 12.4. The van der Waals surface area contributed by atoms with Gasteiger partial charge in [0, 0.05) is 52.7 Å². The summed E-state index contributed by atoms with van der Waals surface area (Å²) in [6.07, 6.45) is 1.64. The maximum absolute atomic E-state index is 13.5. The predicted octanol–water partition coefficient (Wildman–Crippen LogP) is 2.43. The second-order valence-electron chi connectivity index (χ2n) is 7.08. The molecular weight excluding hydrogens is 424 g/mol. The number of urea groups is 1. The number of carbonyl (C=O) groups excluding carboxylic acids is 1. The molecule has 2 rings (SSSR count). The van der Waals surface area contributed by atoms with Gasteiger partial charge in [-0.1, -0.05) is 0 Å². The molecule has 0 radical (unpaired) electrons. The summed E-state index contributed by atoms with van der Waals surface area (Å²) in [5.74, 6) is 0. The van der Waals surface area contributed by atoms with E-state index in [2.05, 4.69) is 0 Å². The number of amides is 2. The minimum absolute atomic E-state index is 0.0329. The van der Waals surface area contributed by atoms with Gasteiger partial charge in [0.2, 0.25) is 0 Å². The molecule has 9 nitrogen and oxygen atoms in total. The lowest BCUT2D eigenvalue weighted by atomic mass is 10.2. The lowest BCUT2D eigenvalue weighted by Gasteiger charge is -2.53. The standard InChI is InChI=1S/C19H40N2O7Si2/c1-7-23-29(24-8-2,25-9-3)17-13-15-20(17)19(22)21-16-14-18(21)30(26-10-4,27-11-5)28-12-6/h17-18H,7-16H2,1-6H3. The highest BCUT2D eigenvalue weighted by atomic mass is 28.4. The van der Waals surface area contributed by atoms with Crippen molar-refractivity contribution in [2.45, 2.75) is 65.7 Å². The normalized spacial score (nSPS) is 22.1. The third kappa shape index (κ3) is 5.09. The number of carbonyl (C=O) groups is 1. The monoisotopic (exact) mass is 464 g/mol. The molecule has 0 bridgehead atoms. The van der Waals surface area contributed by atoms with E-state index in [0.29, 0.717) is 52.7 Å². The Kier molecular flexibility index (Phi) is 10.2. The van der Waals surface area contributed by atoms with E-state index in [1.54, 1.807) is 0 Å². The van der Waals surface area contributed by atoms with Crippen LogP contribution in [0.5, 0.6) is 0 Å².